The smallest absolute Gasteiger partial charge is 0.251 e. The van der Waals surface area contributed by atoms with Gasteiger partial charge in [0.25, 0.3) is 5.91 Å². The normalized spacial score (nSPS) is 21.6. The lowest BCUT2D eigenvalue weighted by atomic mass is 9.72. The average molecular weight is 763 g/mol. The quantitative estimate of drug-likeness (QED) is 0.186. The molecule has 1 aliphatic carbocycles. The SMILES string of the molecule is Cc1cc(F)c(Nc2nc(-c3ccc4c(c3)N([C@H]3C[C@H](N5CCCCC5)C3)C(=O)C43CCN(C(C)(C)C)CC3)cc3ncn(C(C)C)c23)cc1C(=O)NC(C)C. The molecule has 0 bridgehead atoms. The maximum absolute atomic E-state index is 15.7. The van der Waals surface area contributed by atoms with Crippen LogP contribution in [0.4, 0.5) is 21.6 Å². The summed E-state index contributed by atoms with van der Waals surface area (Å²) in [5, 5.41) is 6.22. The fraction of sp³-hybridized carbons (Fsp3) is 0.556. The Morgan fingerprint density at radius 3 is 2.32 bits per heavy atom. The summed E-state index contributed by atoms with van der Waals surface area (Å²) in [7, 11) is 0. The molecule has 2 N–H and O–H groups in total. The van der Waals surface area contributed by atoms with Crippen LogP contribution in [0.2, 0.25) is 0 Å². The number of fused-ring (bicyclic) bond motifs is 3. The van der Waals surface area contributed by atoms with Crippen molar-refractivity contribution >= 4 is 40.0 Å². The van der Waals surface area contributed by atoms with Gasteiger partial charge in [0.1, 0.15) is 11.3 Å². The predicted octanol–water partition coefficient (Wildman–Crippen LogP) is 8.50. The molecule has 3 aliphatic heterocycles. The Labute approximate surface area is 331 Å². The highest BCUT2D eigenvalue weighted by Gasteiger charge is 2.56. The van der Waals surface area contributed by atoms with Gasteiger partial charge in [-0.2, -0.15) is 0 Å². The van der Waals surface area contributed by atoms with E-state index in [0.717, 1.165) is 79.7 Å². The molecule has 0 atom stereocenters. The summed E-state index contributed by atoms with van der Waals surface area (Å²) in [5.41, 5.74) is 5.80. The molecule has 4 aliphatic rings. The van der Waals surface area contributed by atoms with Gasteiger partial charge in [-0.15, -0.1) is 0 Å². The Morgan fingerprint density at radius 1 is 0.946 bits per heavy atom. The maximum Gasteiger partial charge on any atom is 0.251 e. The van der Waals surface area contributed by atoms with Crippen LogP contribution in [0.25, 0.3) is 22.3 Å². The van der Waals surface area contributed by atoms with Crippen molar-refractivity contribution in [2.45, 2.75) is 135 Å². The number of halogens is 1. The summed E-state index contributed by atoms with van der Waals surface area (Å²) in [4.78, 5) is 45.3. The second-order valence-electron chi connectivity index (χ2n) is 18.4. The van der Waals surface area contributed by atoms with Gasteiger partial charge >= 0.3 is 0 Å². The van der Waals surface area contributed by atoms with Gasteiger partial charge in [0, 0.05) is 59.6 Å². The number of piperidine rings is 2. The fourth-order valence-electron chi connectivity index (χ4n) is 9.67. The first-order valence-corrected chi connectivity index (χ1v) is 20.9. The number of likely N-dealkylation sites (tertiary alicyclic amines) is 2. The Hall–Kier alpha value is -4.35. The number of nitrogens with zero attached hydrogens (tertiary/aromatic N) is 6. The molecular weight excluding hydrogens is 704 g/mol. The molecule has 2 aromatic heterocycles. The van der Waals surface area contributed by atoms with Crippen molar-refractivity contribution in [3.63, 3.8) is 0 Å². The van der Waals surface area contributed by atoms with Crippen molar-refractivity contribution in [2.75, 3.05) is 36.4 Å². The molecule has 3 fully saturated rings. The van der Waals surface area contributed by atoms with Gasteiger partial charge in [0.05, 0.1) is 28.6 Å². The number of rotatable bonds is 8. The Morgan fingerprint density at radius 2 is 1.66 bits per heavy atom. The van der Waals surface area contributed by atoms with E-state index in [9.17, 15) is 9.59 Å². The molecule has 2 amide bonds. The zero-order chi connectivity index (χ0) is 39.7. The fourth-order valence-corrected chi connectivity index (χ4v) is 9.67. The third-order valence-corrected chi connectivity index (χ3v) is 13.0. The van der Waals surface area contributed by atoms with Gasteiger partial charge in [0.2, 0.25) is 5.91 Å². The van der Waals surface area contributed by atoms with Crippen LogP contribution >= 0.6 is 0 Å². The number of anilines is 3. The molecule has 1 spiro atoms. The molecular formula is C45H59FN8O2. The van der Waals surface area contributed by atoms with Crippen LogP contribution in [0.15, 0.2) is 42.7 Å². The monoisotopic (exact) mass is 762 g/mol. The highest BCUT2D eigenvalue weighted by molar-refractivity contribution is 6.09. The number of hydrogen-bond donors (Lipinski definition) is 2. The van der Waals surface area contributed by atoms with Crippen molar-refractivity contribution in [3.8, 4) is 11.3 Å². The lowest BCUT2D eigenvalue weighted by Gasteiger charge is -2.48. The second-order valence-corrected chi connectivity index (χ2v) is 18.4. The minimum atomic E-state index is -0.533. The van der Waals surface area contributed by atoms with Crippen LogP contribution in [-0.2, 0) is 10.2 Å². The maximum atomic E-state index is 15.7. The lowest BCUT2D eigenvalue weighted by molar-refractivity contribution is -0.126. The molecule has 0 unspecified atom stereocenters. The molecule has 5 heterocycles. The van der Waals surface area contributed by atoms with E-state index in [2.05, 4.69) is 78.2 Å². The number of carbonyl (C=O) groups is 2. The number of aromatic nitrogens is 3. The summed E-state index contributed by atoms with van der Waals surface area (Å²) in [6.45, 7) is 20.6. The first-order valence-electron chi connectivity index (χ1n) is 20.9. The molecule has 298 valence electrons. The first kappa shape index (κ1) is 38.5. The van der Waals surface area contributed by atoms with Gasteiger partial charge in [-0.05, 0) is 142 Å². The van der Waals surface area contributed by atoms with Crippen LogP contribution in [0, 0.1) is 12.7 Å². The highest BCUT2D eigenvalue weighted by Crippen LogP contribution is 2.52. The molecule has 10 nitrogen and oxygen atoms in total. The third kappa shape index (κ3) is 6.78. The minimum Gasteiger partial charge on any atom is -0.350 e. The van der Waals surface area contributed by atoms with Crippen molar-refractivity contribution in [3.05, 3.63) is 65.2 Å². The molecule has 2 saturated heterocycles. The Bertz CT molecular complexity index is 2150. The number of carbonyl (C=O) groups excluding carboxylic acids is 2. The highest BCUT2D eigenvalue weighted by atomic mass is 19.1. The second kappa shape index (κ2) is 14.5. The van der Waals surface area contributed by atoms with Gasteiger partial charge in [-0.25, -0.2) is 14.4 Å². The van der Waals surface area contributed by atoms with Crippen LogP contribution in [0.5, 0.6) is 0 Å². The van der Waals surface area contributed by atoms with Crippen molar-refractivity contribution < 1.29 is 14.0 Å². The third-order valence-electron chi connectivity index (χ3n) is 13.0. The Balaban J connectivity index is 1.19. The van der Waals surface area contributed by atoms with Crippen LogP contribution in [0.3, 0.4) is 0 Å². The minimum absolute atomic E-state index is 0.0491. The number of imidazole rings is 1. The van der Waals surface area contributed by atoms with E-state index >= 15 is 4.39 Å². The Kier molecular flexibility index (Phi) is 10.0. The van der Waals surface area contributed by atoms with E-state index in [0.29, 0.717) is 28.7 Å². The molecule has 8 rings (SSSR count). The van der Waals surface area contributed by atoms with Crippen molar-refractivity contribution in [2.24, 2.45) is 0 Å². The van der Waals surface area contributed by atoms with Gasteiger partial charge < -0.3 is 25.0 Å². The number of pyridine rings is 1. The van der Waals surface area contributed by atoms with Gasteiger partial charge in [-0.1, -0.05) is 18.6 Å². The van der Waals surface area contributed by atoms with Gasteiger partial charge in [-0.3, -0.25) is 14.5 Å². The van der Waals surface area contributed by atoms with Crippen LogP contribution in [0.1, 0.15) is 121 Å². The molecule has 0 radical (unpaired) electrons. The van der Waals surface area contributed by atoms with Crippen LogP contribution < -0.4 is 15.5 Å². The average Bonchev–Trinajstić information content (AvgIpc) is 3.66. The summed E-state index contributed by atoms with van der Waals surface area (Å²) < 4.78 is 17.7. The first-order chi connectivity index (χ1) is 26.6. The number of hydrogen-bond acceptors (Lipinski definition) is 7. The van der Waals surface area contributed by atoms with E-state index < -0.39 is 11.2 Å². The van der Waals surface area contributed by atoms with Gasteiger partial charge in [0.15, 0.2) is 5.82 Å². The van der Waals surface area contributed by atoms with E-state index in [4.69, 9.17) is 9.97 Å². The molecule has 11 heteroatoms. The van der Waals surface area contributed by atoms with Crippen LogP contribution in [-0.4, -0.2) is 86.0 Å². The summed E-state index contributed by atoms with van der Waals surface area (Å²) in [5.74, 6) is -0.0248. The lowest BCUT2D eigenvalue weighted by Crippen LogP contribution is -2.59. The number of amides is 2. The topological polar surface area (TPSA) is 98.6 Å². The number of aryl methyl sites for hydroxylation is 1. The number of nitrogens with one attached hydrogen (secondary N) is 2. The molecule has 56 heavy (non-hydrogen) atoms. The standard InChI is InChI=1S/C45H59FN8O2/c1-27(2)48-42(55)33-24-37(35(46)20-29(33)5)50-41-40-38(47-26-53(40)28(3)4)25-36(49-41)30-12-13-34-39(21-30)54(32-22-31(23-32)51-16-10-9-11-17-51)43(56)45(34)14-18-52(19-15-45)44(6,7)8/h12-13,20-21,24-28,31-32H,9-11,14-19,22-23H2,1-8H3,(H,48,55)(H,49,50)/t31-,32-. The van der Waals surface area contributed by atoms with E-state index in [-0.39, 0.29) is 41.2 Å². The molecule has 1 saturated carbocycles. The van der Waals surface area contributed by atoms with E-state index in [1.807, 2.05) is 24.5 Å². The number of benzene rings is 2. The van der Waals surface area contributed by atoms with Crippen molar-refractivity contribution in [1.82, 2.24) is 29.7 Å². The zero-order valence-electron chi connectivity index (χ0n) is 34.5. The summed E-state index contributed by atoms with van der Waals surface area (Å²) in [6, 6.07) is 12.1. The summed E-state index contributed by atoms with van der Waals surface area (Å²) in [6.07, 6.45) is 9.25. The van der Waals surface area contributed by atoms with Crippen molar-refractivity contribution in [1.29, 1.82) is 0 Å². The summed E-state index contributed by atoms with van der Waals surface area (Å²) >= 11 is 0. The van der Waals surface area contributed by atoms with E-state index in [1.54, 1.807) is 19.3 Å². The van der Waals surface area contributed by atoms with E-state index in [1.165, 1.54) is 25.3 Å². The molecule has 4 aromatic rings. The predicted molar refractivity (Wildman–Crippen MR) is 222 cm³/mol. The molecule has 2 aromatic carbocycles. The largest absolute Gasteiger partial charge is 0.350 e. The zero-order valence-corrected chi connectivity index (χ0v) is 34.5.